The van der Waals surface area contributed by atoms with Crippen molar-refractivity contribution < 1.29 is 14.7 Å². The summed E-state index contributed by atoms with van der Waals surface area (Å²) >= 11 is 0. The lowest BCUT2D eigenvalue weighted by atomic mass is 9.97. The van der Waals surface area contributed by atoms with Gasteiger partial charge in [0.25, 0.3) is 5.91 Å². The Hall–Kier alpha value is -4.19. The van der Waals surface area contributed by atoms with Crippen molar-refractivity contribution >= 4 is 40.7 Å². The molecule has 0 aliphatic carbocycles. The van der Waals surface area contributed by atoms with E-state index in [1.54, 1.807) is 24.3 Å². The van der Waals surface area contributed by atoms with E-state index in [2.05, 4.69) is 41.4 Å². The van der Waals surface area contributed by atoms with Crippen LogP contribution in [0.1, 0.15) is 23.1 Å². The zero-order valence-electron chi connectivity index (χ0n) is 18.3. The molecular formula is C27H25N3O3. The van der Waals surface area contributed by atoms with Gasteiger partial charge in [0.15, 0.2) is 5.71 Å². The number of hydrogen-bond donors (Lipinski definition) is 3. The number of carbonyl (C=O) groups is 2. The number of aliphatic carboxylic acids is 1. The summed E-state index contributed by atoms with van der Waals surface area (Å²) in [7, 11) is 0. The molecule has 3 aromatic carbocycles. The van der Waals surface area contributed by atoms with Crippen molar-refractivity contribution in [3.05, 3.63) is 95.1 Å². The fourth-order valence-corrected chi connectivity index (χ4v) is 3.95. The summed E-state index contributed by atoms with van der Waals surface area (Å²) < 4.78 is 0. The summed E-state index contributed by atoms with van der Waals surface area (Å²) in [5.41, 5.74) is 4.83. The van der Waals surface area contributed by atoms with Crippen LogP contribution < -0.4 is 10.2 Å². The number of carbonyl (C=O) groups excluding carboxylic acids is 1. The summed E-state index contributed by atoms with van der Waals surface area (Å²) in [6.07, 6.45) is 3.35. The van der Waals surface area contributed by atoms with Gasteiger partial charge in [0.2, 0.25) is 0 Å². The first kappa shape index (κ1) is 22.0. The van der Waals surface area contributed by atoms with Crippen molar-refractivity contribution in [3.63, 3.8) is 0 Å². The van der Waals surface area contributed by atoms with Gasteiger partial charge in [-0.1, -0.05) is 42.0 Å². The zero-order valence-corrected chi connectivity index (χ0v) is 18.3. The number of nitrogens with one attached hydrogen (secondary N) is 2. The number of anilines is 3. The summed E-state index contributed by atoms with van der Waals surface area (Å²) in [5.74, 6) is -2.08. The van der Waals surface area contributed by atoms with E-state index in [9.17, 15) is 14.7 Å². The van der Waals surface area contributed by atoms with E-state index in [1.165, 1.54) is 11.6 Å². The van der Waals surface area contributed by atoms with E-state index in [4.69, 9.17) is 5.41 Å². The number of aryl methyl sites for hydroxylation is 2. The summed E-state index contributed by atoms with van der Waals surface area (Å²) in [6.45, 7) is 2.98. The topological polar surface area (TPSA) is 93.5 Å². The second kappa shape index (κ2) is 9.53. The Morgan fingerprint density at radius 2 is 1.76 bits per heavy atom. The number of carboxylic acids is 1. The predicted molar refractivity (Wildman–Crippen MR) is 131 cm³/mol. The molecule has 0 fully saturated rings. The van der Waals surface area contributed by atoms with Crippen LogP contribution in [0.25, 0.3) is 6.08 Å². The van der Waals surface area contributed by atoms with Crippen molar-refractivity contribution in [1.82, 2.24) is 0 Å². The van der Waals surface area contributed by atoms with E-state index >= 15 is 0 Å². The van der Waals surface area contributed by atoms with E-state index in [-0.39, 0.29) is 5.57 Å². The molecule has 3 N–H and O–H groups in total. The Balaban J connectivity index is 1.66. The normalized spacial score (nSPS) is 13.2. The third-order valence-corrected chi connectivity index (χ3v) is 5.64. The second-order valence-electron chi connectivity index (χ2n) is 8.04. The number of amides is 1. The van der Waals surface area contributed by atoms with E-state index in [0.29, 0.717) is 11.3 Å². The van der Waals surface area contributed by atoms with Crippen molar-refractivity contribution in [2.75, 3.05) is 16.8 Å². The number of benzene rings is 3. The molecule has 33 heavy (non-hydrogen) atoms. The van der Waals surface area contributed by atoms with Crippen LogP contribution in [0.2, 0.25) is 0 Å². The standard InChI is InChI=1S/C27H25N3O3/c1-18-9-12-22(13-10-18)30-15-5-6-20-16-19(11-14-24(20)30)17-23(25(28)27(32)33)26(31)29-21-7-3-2-4-8-21/h2-4,7-14,16-17,28H,5-6,15H2,1H3,(H,29,31)(H,32,33)/b23-17-,28-25?. The molecule has 0 bridgehead atoms. The Morgan fingerprint density at radius 3 is 2.45 bits per heavy atom. The molecule has 6 nitrogen and oxygen atoms in total. The zero-order chi connectivity index (χ0) is 23.4. The summed E-state index contributed by atoms with van der Waals surface area (Å²) in [6, 6.07) is 23.0. The lowest BCUT2D eigenvalue weighted by Gasteiger charge is -2.31. The van der Waals surface area contributed by atoms with Crippen LogP contribution in [0.15, 0.2) is 78.4 Å². The van der Waals surface area contributed by atoms with Crippen LogP contribution in [0.4, 0.5) is 17.1 Å². The minimum absolute atomic E-state index is 0.197. The SMILES string of the molecule is Cc1ccc(N2CCCc3cc(/C=C(/C(=N)C(=O)O)C(=O)Nc4ccccc4)ccc32)cc1. The molecule has 1 heterocycles. The smallest absolute Gasteiger partial charge is 0.354 e. The fourth-order valence-electron chi connectivity index (χ4n) is 3.95. The molecule has 4 rings (SSSR count). The molecule has 3 aromatic rings. The maximum atomic E-state index is 12.8. The summed E-state index contributed by atoms with van der Waals surface area (Å²) in [4.78, 5) is 26.6. The van der Waals surface area contributed by atoms with Gasteiger partial charge in [-0.15, -0.1) is 0 Å². The third-order valence-electron chi connectivity index (χ3n) is 5.64. The lowest BCUT2D eigenvalue weighted by Crippen LogP contribution is -2.25. The van der Waals surface area contributed by atoms with Gasteiger partial charge in [-0.2, -0.15) is 0 Å². The van der Waals surface area contributed by atoms with Crippen LogP contribution in [0, 0.1) is 12.3 Å². The number of hydrogen-bond acceptors (Lipinski definition) is 4. The van der Waals surface area contributed by atoms with E-state index < -0.39 is 17.6 Å². The molecule has 1 aliphatic heterocycles. The average molecular weight is 440 g/mol. The molecule has 1 amide bonds. The van der Waals surface area contributed by atoms with Crippen LogP contribution >= 0.6 is 0 Å². The Bertz CT molecular complexity index is 1230. The number of fused-ring (bicyclic) bond motifs is 1. The van der Waals surface area contributed by atoms with Gasteiger partial charge in [-0.3, -0.25) is 10.2 Å². The highest BCUT2D eigenvalue weighted by atomic mass is 16.4. The number of carboxylic acid groups (broad SMARTS) is 1. The van der Waals surface area contributed by atoms with Gasteiger partial charge in [0, 0.05) is 23.6 Å². The van der Waals surface area contributed by atoms with E-state index in [0.717, 1.165) is 36.3 Å². The monoisotopic (exact) mass is 439 g/mol. The minimum atomic E-state index is -1.45. The Labute approximate surface area is 192 Å². The second-order valence-corrected chi connectivity index (χ2v) is 8.04. The van der Waals surface area contributed by atoms with Crippen LogP contribution in [0.3, 0.4) is 0 Å². The van der Waals surface area contributed by atoms with Crippen LogP contribution in [0.5, 0.6) is 0 Å². The highest BCUT2D eigenvalue weighted by Crippen LogP contribution is 2.34. The number of rotatable bonds is 6. The fraction of sp³-hybridized carbons (Fsp3) is 0.148. The van der Waals surface area contributed by atoms with Gasteiger partial charge in [-0.25, -0.2) is 4.79 Å². The molecule has 0 saturated carbocycles. The largest absolute Gasteiger partial charge is 0.477 e. The molecule has 0 aromatic heterocycles. The quantitative estimate of drug-likeness (QED) is 0.363. The third kappa shape index (κ3) is 5.01. The first-order valence-corrected chi connectivity index (χ1v) is 10.8. The molecule has 0 atom stereocenters. The summed E-state index contributed by atoms with van der Waals surface area (Å²) in [5, 5.41) is 20.0. The first-order valence-electron chi connectivity index (χ1n) is 10.8. The highest BCUT2D eigenvalue weighted by molar-refractivity contribution is 6.50. The van der Waals surface area contributed by atoms with Gasteiger partial charge in [0.05, 0.1) is 5.57 Å². The molecule has 166 valence electrons. The average Bonchev–Trinajstić information content (AvgIpc) is 2.82. The molecule has 0 radical (unpaired) electrons. The molecule has 0 spiro atoms. The van der Waals surface area contributed by atoms with Crippen molar-refractivity contribution in [3.8, 4) is 0 Å². The maximum absolute atomic E-state index is 12.8. The molecule has 0 unspecified atom stereocenters. The Morgan fingerprint density at radius 1 is 1.03 bits per heavy atom. The highest BCUT2D eigenvalue weighted by Gasteiger charge is 2.22. The minimum Gasteiger partial charge on any atom is -0.477 e. The lowest BCUT2D eigenvalue weighted by molar-refractivity contribution is -0.129. The molecule has 1 aliphatic rings. The Kier molecular flexibility index (Phi) is 6.36. The van der Waals surface area contributed by atoms with Crippen LogP contribution in [-0.2, 0) is 16.0 Å². The maximum Gasteiger partial charge on any atom is 0.354 e. The van der Waals surface area contributed by atoms with Gasteiger partial charge in [-0.05, 0) is 73.4 Å². The molecule has 0 saturated heterocycles. The van der Waals surface area contributed by atoms with Crippen molar-refractivity contribution in [1.29, 1.82) is 5.41 Å². The number of nitrogens with zero attached hydrogens (tertiary/aromatic N) is 1. The predicted octanol–water partition coefficient (Wildman–Crippen LogP) is 5.21. The molecule has 6 heteroatoms. The van der Waals surface area contributed by atoms with Crippen molar-refractivity contribution in [2.45, 2.75) is 19.8 Å². The van der Waals surface area contributed by atoms with E-state index in [1.807, 2.05) is 24.3 Å². The van der Waals surface area contributed by atoms with Gasteiger partial charge >= 0.3 is 5.97 Å². The first-order chi connectivity index (χ1) is 15.9. The molecular weight excluding hydrogens is 414 g/mol. The van der Waals surface area contributed by atoms with Gasteiger partial charge in [0.1, 0.15) is 0 Å². The van der Waals surface area contributed by atoms with Gasteiger partial charge < -0.3 is 15.3 Å². The van der Waals surface area contributed by atoms with Crippen LogP contribution in [-0.4, -0.2) is 29.2 Å². The number of para-hydroxylation sites is 1. The van der Waals surface area contributed by atoms with Crippen molar-refractivity contribution in [2.24, 2.45) is 0 Å².